The van der Waals surface area contributed by atoms with E-state index in [1.54, 1.807) is 0 Å². The summed E-state index contributed by atoms with van der Waals surface area (Å²) in [6.45, 7) is 0.406. The van der Waals surface area contributed by atoms with E-state index in [2.05, 4.69) is 4.98 Å². The second-order valence-corrected chi connectivity index (χ2v) is 6.50. The van der Waals surface area contributed by atoms with Gasteiger partial charge < -0.3 is 9.64 Å². The zero-order valence-electron chi connectivity index (χ0n) is 13.6. The van der Waals surface area contributed by atoms with E-state index in [0.717, 1.165) is 6.07 Å². The molecule has 0 spiro atoms. The molecule has 1 aromatic heterocycles. The molecule has 27 heavy (non-hydrogen) atoms. The number of ether oxygens (including phenoxy) is 1. The molecule has 0 aliphatic carbocycles. The zero-order valence-corrected chi connectivity index (χ0v) is 13.6. The van der Waals surface area contributed by atoms with Crippen molar-refractivity contribution in [2.24, 2.45) is 0 Å². The third kappa shape index (κ3) is 2.87. The second-order valence-electron chi connectivity index (χ2n) is 6.50. The van der Waals surface area contributed by atoms with Gasteiger partial charge in [0.15, 0.2) is 0 Å². The molecule has 2 aliphatic rings. The van der Waals surface area contributed by atoms with Crippen molar-refractivity contribution in [3.05, 3.63) is 41.1 Å². The van der Waals surface area contributed by atoms with Crippen molar-refractivity contribution in [3.8, 4) is 0 Å². The third-order valence-corrected chi connectivity index (χ3v) is 4.88. The van der Waals surface area contributed by atoms with Crippen LogP contribution in [0.15, 0.2) is 24.3 Å². The molecular formula is C17H12F6N2O2. The molecule has 10 heteroatoms. The van der Waals surface area contributed by atoms with Gasteiger partial charge in [0.2, 0.25) is 0 Å². The molecular weight excluding hydrogens is 378 g/mol. The smallest absolute Gasteiger partial charge is 0.433 e. The second kappa shape index (κ2) is 5.74. The molecule has 4 nitrogen and oxygen atoms in total. The van der Waals surface area contributed by atoms with Crippen LogP contribution in [0, 0.1) is 0 Å². The first-order chi connectivity index (χ1) is 12.6. The van der Waals surface area contributed by atoms with Crippen LogP contribution in [-0.4, -0.2) is 28.6 Å². The highest BCUT2D eigenvalue weighted by atomic mass is 19.4. The quantitative estimate of drug-likeness (QED) is 0.649. The number of hydrogen-bond acceptors (Lipinski definition) is 3. The lowest BCUT2D eigenvalue weighted by Crippen LogP contribution is -2.28. The lowest BCUT2D eigenvalue weighted by molar-refractivity contribution is -0.142. The van der Waals surface area contributed by atoms with Crippen molar-refractivity contribution in [2.45, 2.75) is 37.3 Å². The van der Waals surface area contributed by atoms with Crippen molar-refractivity contribution in [3.63, 3.8) is 0 Å². The summed E-state index contributed by atoms with van der Waals surface area (Å²) in [5.41, 5.74) is -3.63. The van der Waals surface area contributed by atoms with Crippen molar-refractivity contribution in [1.29, 1.82) is 0 Å². The van der Waals surface area contributed by atoms with Gasteiger partial charge in [0.1, 0.15) is 11.8 Å². The van der Waals surface area contributed by atoms with E-state index in [4.69, 9.17) is 4.74 Å². The van der Waals surface area contributed by atoms with Crippen molar-refractivity contribution in [1.82, 2.24) is 9.88 Å². The maximum absolute atomic E-state index is 13.3. The van der Waals surface area contributed by atoms with Gasteiger partial charge in [0.05, 0.1) is 17.1 Å². The van der Waals surface area contributed by atoms with Crippen molar-refractivity contribution < 1.29 is 35.9 Å². The number of para-hydroxylation sites is 1. The van der Waals surface area contributed by atoms with Crippen LogP contribution in [0.5, 0.6) is 0 Å². The Kier molecular flexibility index (Phi) is 3.80. The first kappa shape index (κ1) is 17.9. The van der Waals surface area contributed by atoms with Gasteiger partial charge >= 0.3 is 18.4 Å². The average Bonchev–Trinajstić information content (AvgIpc) is 3.16. The summed E-state index contributed by atoms with van der Waals surface area (Å²) in [5, 5.41) is -0.107. The van der Waals surface area contributed by atoms with Gasteiger partial charge in [-0.05, 0) is 25.0 Å². The first-order valence-corrected chi connectivity index (χ1v) is 8.12. The fourth-order valence-electron chi connectivity index (χ4n) is 3.74. The number of amides is 1. The Labute approximate surface area is 148 Å². The van der Waals surface area contributed by atoms with Gasteiger partial charge in [0.25, 0.3) is 0 Å². The summed E-state index contributed by atoms with van der Waals surface area (Å²) in [6.07, 6.45) is -10.4. The Hall–Kier alpha value is -2.52. The Morgan fingerprint density at radius 2 is 1.85 bits per heavy atom. The molecule has 0 radical (unpaired) electrons. The van der Waals surface area contributed by atoms with Crippen LogP contribution >= 0.6 is 0 Å². The lowest BCUT2D eigenvalue weighted by Gasteiger charge is -2.21. The summed E-state index contributed by atoms with van der Waals surface area (Å²) < 4.78 is 85.1. The van der Waals surface area contributed by atoms with E-state index in [9.17, 15) is 31.1 Å². The molecule has 3 heterocycles. The molecule has 2 atom stereocenters. The average molecular weight is 390 g/mol. The van der Waals surface area contributed by atoms with Gasteiger partial charge in [-0.25, -0.2) is 9.78 Å². The monoisotopic (exact) mass is 390 g/mol. The number of pyridine rings is 1. The minimum Gasteiger partial charge on any atom is -0.439 e. The number of nitrogens with zero attached hydrogens (tertiary/aromatic N) is 2. The number of cyclic esters (lactones) is 1. The number of carbonyl (C=O) groups is 1. The largest absolute Gasteiger partial charge is 0.439 e. The SMILES string of the molecule is O=C1O[C@@H](c2cc(C(F)(F)F)nc3c(C(F)(F)F)cccc23)[C@H]2CCCN12. The predicted molar refractivity (Wildman–Crippen MR) is 80.7 cm³/mol. The minimum absolute atomic E-state index is 0.107. The Morgan fingerprint density at radius 3 is 2.52 bits per heavy atom. The topological polar surface area (TPSA) is 42.4 Å². The van der Waals surface area contributed by atoms with Crippen LogP contribution in [0.4, 0.5) is 31.1 Å². The van der Waals surface area contributed by atoms with E-state index in [1.807, 2.05) is 0 Å². The Balaban J connectivity index is 1.98. The van der Waals surface area contributed by atoms with Crippen LogP contribution in [0.2, 0.25) is 0 Å². The number of benzene rings is 1. The van der Waals surface area contributed by atoms with E-state index < -0.39 is 47.4 Å². The molecule has 0 N–H and O–H groups in total. The summed E-state index contributed by atoms with van der Waals surface area (Å²) in [5.74, 6) is 0. The normalized spacial score (nSPS) is 23.0. The lowest BCUT2D eigenvalue weighted by atomic mass is 9.95. The third-order valence-electron chi connectivity index (χ3n) is 4.88. The molecule has 2 aromatic rings. The Morgan fingerprint density at radius 1 is 1.11 bits per heavy atom. The van der Waals surface area contributed by atoms with Crippen molar-refractivity contribution >= 4 is 17.0 Å². The molecule has 144 valence electrons. The molecule has 2 saturated heterocycles. The van der Waals surface area contributed by atoms with Gasteiger partial charge in [-0.1, -0.05) is 12.1 Å². The van der Waals surface area contributed by atoms with Gasteiger partial charge in [0, 0.05) is 17.5 Å². The van der Waals surface area contributed by atoms with Crippen LogP contribution in [0.25, 0.3) is 10.9 Å². The Bertz CT molecular complexity index is 924. The number of halogens is 6. The number of carbonyl (C=O) groups excluding carboxylic acids is 1. The first-order valence-electron chi connectivity index (χ1n) is 8.12. The maximum atomic E-state index is 13.3. The fourth-order valence-corrected chi connectivity index (χ4v) is 3.74. The van der Waals surface area contributed by atoms with Crippen LogP contribution < -0.4 is 0 Å². The molecule has 0 saturated carbocycles. The summed E-state index contributed by atoms with van der Waals surface area (Å²) in [6, 6.07) is 3.23. The van der Waals surface area contributed by atoms with Crippen LogP contribution in [-0.2, 0) is 17.1 Å². The van der Waals surface area contributed by atoms with Gasteiger partial charge in [-0.15, -0.1) is 0 Å². The standard InChI is InChI=1S/C17H12F6N2O2/c18-16(19,20)10-4-1-3-8-9(7-12(17(21,22)23)24-13(8)10)14-11-5-2-6-25(11)15(26)27-14/h1,3-4,7,11,14H,2,5-6H2/t11-,14+/m1/s1. The fraction of sp³-hybridized carbons (Fsp3) is 0.412. The molecule has 2 aliphatic heterocycles. The number of hydrogen-bond donors (Lipinski definition) is 0. The van der Waals surface area contributed by atoms with E-state index in [-0.39, 0.29) is 10.9 Å². The highest BCUT2D eigenvalue weighted by molar-refractivity contribution is 5.87. The molecule has 2 fully saturated rings. The number of alkyl halides is 6. The summed E-state index contributed by atoms with van der Waals surface area (Å²) in [7, 11) is 0. The molecule has 0 bridgehead atoms. The van der Waals surface area contributed by atoms with Crippen LogP contribution in [0.1, 0.15) is 35.8 Å². The highest BCUT2D eigenvalue weighted by Crippen LogP contribution is 2.44. The zero-order chi connectivity index (χ0) is 19.6. The van der Waals surface area contributed by atoms with Crippen LogP contribution in [0.3, 0.4) is 0 Å². The molecule has 4 rings (SSSR count). The predicted octanol–water partition coefficient (Wildman–Crippen LogP) is 4.93. The number of aromatic nitrogens is 1. The maximum Gasteiger partial charge on any atom is 0.433 e. The van der Waals surface area contributed by atoms with Gasteiger partial charge in [-0.2, -0.15) is 26.3 Å². The number of fused-ring (bicyclic) bond motifs is 2. The van der Waals surface area contributed by atoms with E-state index >= 15 is 0 Å². The highest BCUT2D eigenvalue weighted by Gasteiger charge is 2.47. The summed E-state index contributed by atoms with van der Waals surface area (Å²) >= 11 is 0. The van der Waals surface area contributed by atoms with Gasteiger partial charge in [-0.3, -0.25) is 0 Å². The molecule has 1 aromatic carbocycles. The molecule has 1 amide bonds. The minimum atomic E-state index is -4.94. The summed E-state index contributed by atoms with van der Waals surface area (Å²) in [4.78, 5) is 16.6. The molecule has 0 unspecified atom stereocenters. The number of rotatable bonds is 1. The van der Waals surface area contributed by atoms with Crippen molar-refractivity contribution in [2.75, 3.05) is 6.54 Å². The van der Waals surface area contributed by atoms with E-state index in [1.165, 1.54) is 11.0 Å². The van der Waals surface area contributed by atoms with E-state index in [0.29, 0.717) is 31.5 Å².